The van der Waals surface area contributed by atoms with Crippen LogP contribution in [0.3, 0.4) is 0 Å². The predicted octanol–water partition coefficient (Wildman–Crippen LogP) is 1.22. The Kier molecular flexibility index (Phi) is 2.14. The number of H-pyrrole nitrogens is 1. The highest BCUT2D eigenvalue weighted by Gasteiger charge is 2.03. The van der Waals surface area contributed by atoms with E-state index < -0.39 is 0 Å². The smallest absolute Gasteiger partial charge is 0.155 e. The monoisotopic (exact) mass is 189 g/mol. The highest BCUT2D eigenvalue weighted by atomic mass is 15.2. The summed E-state index contributed by atoms with van der Waals surface area (Å²) in [6.07, 6.45) is 1.49. The molecule has 0 radical (unpaired) electrons. The van der Waals surface area contributed by atoms with E-state index in [0.717, 1.165) is 22.9 Å². The zero-order chi connectivity index (χ0) is 9.97. The number of rotatable bonds is 2. The Labute approximate surface area is 81.6 Å². The van der Waals surface area contributed by atoms with Crippen LogP contribution in [0, 0.1) is 6.92 Å². The number of aromatic amines is 1. The van der Waals surface area contributed by atoms with Crippen LogP contribution in [0.2, 0.25) is 0 Å². The molecule has 0 saturated carbocycles. The molecule has 0 aliphatic carbocycles. The van der Waals surface area contributed by atoms with Crippen LogP contribution in [0.25, 0.3) is 11.4 Å². The fraction of sp³-hybridized carbons (Fsp3) is 0.222. The molecule has 0 saturated heterocycles. The molecule has 0 unspecified atom stereocenters. The summed E-state index contributed by atoms with van der Waals surface area (Å²) in [5.41, 5.74) is 1.93. The molecule has 5 heteroatoms. The Hall–Kier alpha value is -1.91. The van der Waals surface area contributed by atoms with Gasteiger partial charge in [-0.05, 0) is 19.1 Å². The molecule has 2 N–H and O–H groups in total. The topological polar surface area (TPSA) is 66.5 Å². The first kappa shape index (κ1) is 8.68. The second-order valence-corrected chi connectivity index (χ2v) is 2.97. The van der Waals surface area contributed by atoms with Gasteiger partial charge >= 0.3 is 0 Å². The fourth-order valence-corrected chi connectivity index (χ4v) is 1.28. The number of aromatic nitrogens is 4. The molecule has 14 heavy (non-hydrogen) atoms. The van der Waals surface area contributed by atoms with E-state index in [2.05, 4.69) is 25.5 Å². The van der Waals surface area contributed by atoms with Crippen molar-refractivity contribution in [2.24, 2.45) is 0 Å². The maximum Gasteiger partial charge on any atom is 0.155 e. The van der Waals surface area contributed by atoms with E-state index in [1.54, 1.807) is 0 Å². The largest absolute Gasteiger partial charge is 0.373 e. The summed E-state index contributed by atoms with van der Waals surface area (Å²) >= 11 is 0. The van der Waals surface area contributed by atoms with Gasteiger partial charge < -0.3 is 5.32 Å². The van der Waals surface area contributed by atoms with Crippen LogP contribution in [0.1, 0.15) is 5.69 Å². The summed E-state index contributed by atoms with van der Waals surface area (Å²) in [7, 11) is 1.84. The maximum atomic E-state index is 4.29. The van der Waals surface area contributed by atoms with Crippen molar-refractivity contribution in [3.8, 4) is 11.4 Å². The van der Waals surface area contributed by atoms with Gasteiger partial charge in [0.2, 0.25) is 0 Å². The number of hydrogen-bond acceptors (Lipinski definition) is 4. The fourth-order valence-electron chi connectivity index (χ4n) is 1.28. The SMILES string of the molecule is CNc1cc(-c2ncn[nH]2)cc(C)n1. The Morgan fingerprint density at radius 2 is 2.21 bits per heavy atom. The molecule has 72 valence electrons. The van der Waals surface area contributed by atoms with Crippen LogP contribution in [-0.4, -0.2) is 27.2 Å². The Morgan fingerprint density at radius 3 is 2.86 bits per heavy atom. The van der Waals surface area contributed by atoms with Crippen LogP contribution in [0.5, 0.6) is 0 Å². The van der Waals surface area contributed by atoms with E-state index in [-0.39, 0.29) is 0 Å². The van der Waals surface area contributed by atoms with Crippen LogP contribution in [-0.2, 0) is 0 Å². The van der Waals surface area contributed by atoms with Crippen LogP contribution in [0.4, 0.5) is 5.82 Å². The Balaban J connectivity index is 2.48. The summed E-state index contributed by atoms with van der Waals surface area (Å²) in [6.45, 7) is 1.95. The minimum atomic E-state index is 0.756. The summed E-state index contributed by atoms with van der Waals surface area (Å²) in [5.74, 6) is 1.59. The lowest BCUT2D eigenvalue weighted by molar-refractivity contribution is 1.09. The van der Waals surface area contributed by atoms with Gasteiger partial charge in [0.15, 0.2) is 5.82 Å². The lowest BCUT2D eigenvalue weighted by atomic mass is 10.2. The molecule has 0 aromatic carbocycles. The molecule has 0 aliphatic heterocycles. The molecule has 2 aromatic heterocycles. The van der Waals surface area contributed by atoms with E-state index in [4.69, 9.17) is 0 Å². The van der Waals surface area contributed by atoms with Crippen molar-refractivity contribution in [3.05, 3.63) is 24.2 Å². The molecule has 2 heterocycles. The molecular weight excluding hydrogens is 178 g/mol. The molecule has 0 spiro atoms. The van der Waals surface area contributed by atoms with E-state index in [0.29, 0.717) is 0 Å². The quantitative estimate of drug-likeness (QED) is 0.745. The van der Waals surface area contributed by atoms with Crippen molar-refractivity contribution in [3.63, 3.8) is 0 Å². The number of aryl methyl sites for hydroxylation is 1. The third-order valence-corrected chi connectivity index (χ3v) is 1.90. The van der Waals surface area contributed by atoms with Crippen molar-refractivity contribution in [2.45, 2.75) is 6.92 Å². The summed E-state index contributed by atoms with van der Waals surface area (Å²) in [4.78, 5) is 8.37. The lowest BCUT2D eigenvalue weighted by Crippen LogP contribution is -1.95. The zero-order valence-electron chi connectivity index (χ0n) is 8.07. The van der Waals surface area contributed by atoms with Crippen molar-refractivity contribution in [1.82, 2.24) is 20.2 Å². The molecule has 0 bridgehead atoms. The van der Waals surface area contributed by atoms with Crippen LogP contribution < -0.4 is 5.32 Å². The van der Waals surface area contributed by atoms with Gasteiger partial charge in [0.25, 0.3) is 0 Å². The zero-order valence-corrected chi connectivity index (χ0v) is 8.07. The van der Waals surface area contributed by atoms with Gasteiger partial charge in [0.1, 0.15) is 12.1 Å². The number of anilines is 1. The van der Waals surface area contributed by atoms with E-state index in [9.17, 15) is 0 Å². The number of nitrogens with zero attached hydrogens (tertiary/aromatic N) is 3. The highest BCUT2D eigenvalue weighted by Crippen LogP contribution is 2.17. The first-order valence-electron chi connectivity index (χ1n) is 4.32. The number of nitrogens with one attached hydrogen (secondary N) is 2. The first-order chi connectivity index (χ1) is 6.79. The van der Waals surface area contributed by atoms with Gasteiger partial charge in [-0.2, -0.15) is 5.10 Å². The van der Waals surface area contributed by atoms with Crippen molar-refractivity contribution < 1.29 is 0 Å². The number of hydrogen-bond donors (Lipinski definition) is 2. The van der Waals surface area contributed by atoms with Crippen LogP contribution in [0.15, 0.2) is 18.5 Å². The third kappa shape index (κ3) is 1.56. The predicted molar refractivity (Wildman–Crippen MR) is 53.9 cm³/mol. The normalized spacial score (nSPS) is 10.1. The first-order valence-corrected chi connectivity index (χ1v) is 4.32. The van der Waals surface area contributed by atoms with Gasteiger partial charge in [-0.15, -0.1) is 0 Å². The van der Waals surface area contributed by atoms with Crippen molar-refractivity contribution in [2.75, 3.05) is 12.4 Å². The van der Waals surface area contributed by atoms with Gasteiger partial charge in [-0.1, -0.05) is 0 Å². The van der Waals surface area contributed by atoms with Crippen molar-refractivity contribution in [1.29, 1.82) is 0 Å². The summed E-state index contributed by atoms with van der Waals surface area (Å²) in [6, 6.07) is 3.88. The maximum absolute atomic E-state index is 4.29. The molecule has 0 fully saturated rings. The standard InChI is InChI=1S/C9H11N5/c1-6-3-7(4-8(10-2)13-6)9-11-5-12-14-9/h3-5H,1-2H3,(H,10,13)(H,11,12,14). The average Bonchev–Trinajstić information content (AvgIpc) is 2.69. The summed E-state index contributed by atoms with van der Waals surface area (Å²) < 4.78 is 0. The van der Waals surface area contributed by atoms with Gasteiger partial charge in [0, 0.05) is 18.3 Å². The summed E-state index contributed by atoms with van der Waals surface area (Å²) in [5, 5.41) is 9.62. The van der Waals surface area contributed by atoms with Crippen LogP contribution >= 0.6 is 0 Å². The Morgan fingerprint density at radius 1 is 1.36 bits per heavy atom. The average molecular weight is 189 g/mol. The molecule has 2 rings (SSSR count). The number of pyridine rings is 1. The molecular formula is C9H11N5. The van der Waals surface area contributed by atoms with E-state index in [1.807, 2.05) is 26.1 Å². The molecule has 0 atom stereocenters. The lowest BCUT2D eigenvalue weighted by Gasteiger charge is -2.03. The van der Waals surface area contributed by atoms with Gasteiger partial charge in [-0.3, -0.25) is 5.10 Å². The van der Waals surface area contributed by atoms with Crippen molar-refractivity contribution >= 4 is 5.82 Å². The van der Waals surface area contributed by atoms with Gasteiger partial charge in [0.05, 0.1) is 0 Å². The van der Waals surface area contributed by atoms with E-state index >= 15 is 0 Å². The second kappa shape index (κ2) is 3.45. The molecule has 5 nitrogen and oxygen atoms in total. The minimum Gasteiger partial charge on any atom is -0.373 e. The molecule has 0 aliphatic rings. The third-order valence-electron chi connectivity index (χ3n) is 1.90. The Bertz CT molecular complexity index is 421. The molecule has 0 amide bonds. The minimum absolute atomic E-state index is 0.756. The second-order valence-electron chi connectivity index (χ2n) is 2.97. The van der Waals surface area contributed by atoms with Gasteiger partial charge in [-0.25, -0.2) is 9.97 Å². The highest BCUT2D eigenvalue weighted by molar-refractivity contribution is 5.59. The van der Waals surface area contributed by atoms with E-state index in [1.165, 1.54) is 6.33 Å². The molecule has 2 aromatic rings.